The molecule has 1 aromatic carbocycles. The number of rotatable bonds is 9. The Labute approximate surface area is 145 Å². The van der Waals surface area contributed by atoms with Crippen molar-refractivity contribution in [2.24, 2.45) is 0 Å². The Morgan fingerprint density at radius 2 is 2.00 bits per heavy atom. The van der Waals surface area contributed by atoms with Crippen LogP contribution in [0.15, 0.2) is 28.6 Å². The van der Waals surface area contributed by atoms with Crippen LogP contribution in [0.1, 0.15) is 31.7 Å². The van der Waals surface area contributed by atoms with E-state index in [0.717, 1.165) is 41.0 Å². The summed E-state index contributed by atoms with van der Waals surface area (Å²) in [5.41, 5.74) is 2.20. The molecule has 2 aromatic rings. The van der Waals surface area contributed by atoms with Crippen LogP contribution < -0.4 is 10.6 Å². The fourth-order valence-corrected chi connectivity index (χ4v) is 3.46. The van der Waals surface area contributed by atoms with E-state index in [4.69, 9.17) is 0 Å². The first kappa shape index (κ1) is 17.7. The molecule has 0 aliphatic carbocycles. The first-order valence-corrected chi connectivity index (χ1v) is 9.54. The highest BCUT2D eigenvalue weighted by molar-refractivity contribution is 8.01. The molecule has 0 unspecified atom stereocenters. The van der Waals surface area contributed by atoms with Gasteiger partial charge >= 0.3 is 0 Å². The van der Waals surface area contributed by atoms with E-state index in [1.54, 1.807) is 0 Å². The smallest absolute Gasteiger partial charge is 0.230 e. The topological polar surface area (TPSA) is 66.9 Å². The molecule has 0 aliphatic heterocycles. The summed E-state index contributed by atoms with van der Waals surface area (Å²) in [7, 11) is 0. The van der Waals surface area contributed by atoms with Crippen LogP contribution in [-0.2, 0) is 4.79 Å². The van der Waals surface area contributed by atoms with Gasteiger partial charge in [0.05, 0.1) is 5.75 Å². The van der Waals surface area contributed by atoms with Crippen LogP contribution >= 0.6 is 23.1 Å². The average Bonchev–Trinajstić information content (AvgIpc) is 2.99. The molecule has 0 spiro atoms. The van der Waals surface area contributed by atoms with Gasteiger partial charge in [-0.2, -0.15) is 0 Å². The first-order chi connectivity index (χ1) is 11.2. The number of hydrogen-bond acceptors (Lipinski definition) is 6. The third-order valence-corrected chi connectivity index (χ3v) is 5.11. The Bertz CT molecular complexity index is 613. The second-order valence-corrected chi connectivity index (χ2v) is 7.41. The molecule has 1 amide bonds. The predicted octanol–water partition coefficient (Wildman–Crippen LogP) is 3.99. The van der Waals surface area contributed by atoms with E-state index in [1.807, 2.05) is 24.3 Å². The third-order valence-electron chi connectivity index (χ3n) is 3.14. The van der Waals surface area contributed by atoms with Crippen molar-refractivity contribution in [1.82, 2.24) is 15.5 Å². The van der Waals surface area contributed by atoms with Crippen molar-refractivity contribution >= 4 is 39.8 Å². The van der Waals surface area contributed by atoms with Gasteiger partial charge in [-0.25, -0.2) is 0 Å². The Morgan fingerprint density at radius 3 is 2.74 bits per heavy atom. The quantitative estimate of drug-likeness (QED) is 0.529. The fourth-order valence-electron chi connectivity index (χ4n) is 1.86. The number of aromatic nitrogens is 2. The number of amides is 1. The number of hydrogen-bond donors (Lipinski definition) is 2. The summed E-state index contributed by atoms with van der Waals surface area (Å²) in [5, 5.41) is 15.1. The van der Waals surface area contributed by atoms with Crippen molar-refractivity contribution in [1.29, 1.82) is 0 Å². The first-order valence-electron chi connectivity index (χ1n) is 7.74. The lowest BCUT2D eigenvalue weighted by Gasteiger charge is -2.03. The average molecular weight is 351 g/mol. The van der Waals surface area contributed by atoms with Gasteiger partial charge in [0.1, 0.15) is 0 Å². The lowest BCUT2D eigenvalue weighted by atomic mass is 10.2. The highest BCUT2D eigenvalue weighted by Gasteiger charge is 2.08. The number of nitrogens with one attached hydrogen (secondary N) is 2. The molecule has 2 rings (SSSR count). The fraction of sp³-hybridized carbons (Fsp3) is 0.438. The molecule has 0 atom stereocenters. The Morgan fingerprint density at radius 1 is 1.22 bits per heavy atom. The Kier molecular flexibility index (Phi) is 7.35. The zero-order chi connectivity index (χ0) is 16.5. The molecule has 0 radical (unpaired) electrons. The molecule has 0 aliphatic rings. The van der Waals surface area contributed by atoms with Crippen LogP contribution in [0.3, 0.4) is 0 Å². The number of unbranched alkanes of at least 4 members (excludes halogenated alkanes) is 2. The molecular formula is C16H22N4OS2. The number of nitrogens with zero attached hydrogens (tertiary/aromatic N) is 2. The van der Waals surface area contributed by atoms with E-state index in [2.05, 4.69) is 34.7 Å². The van der Waals surface area contributed by atoms with Crippen molar-refractivity contribution in [3.63, 3.8) is 0 Å². The van der Waals surface area contributed by atoms with E-state index >= 15 is 0 Å². The second-order valence-electron chi connectivity index (χ2n) is 5.21. The minimum atomic E-state index is 0.0503. The van der Waals surface area contributed by atoms with Crippen LogP contribution in [-0.4, -0.2) is 28.4 Å². The van der Waals surface area contributed by atoms with E-state index in [0.29, 0.717) is 5.75 Å². The summed E-state index contributed by atoms with van der Waals surface area (Å²) < 4.78 is 0.795. The monoisotopic (exact) mass is 350 g/mol. The lowest BCUT2D eigenvalue weighted by Crippen LogP contribution is -2.26. The number of thioether (sulfide) groups is 1. The summed E-state index contributed by atoms with van der Waals surface area (Å²) in [6.07, 6.45) is 3.35. The number of carbonyl (C=O) groups excluding carboxylic acids is 1. The molecule has 0 saturated carbocycles. The normalized spacial score (nSPS) is 10.5. The van der Waals surface area contributed by atoms with E-state index in [1.165, 1.54) is 28.7 Å². The van der Waals surface area contributed by atoms with Gasteiger partial charge in [0.25, 0.3) is 0 Å². The molecule has 0 fully saturated rings. The van der Waals surface area contributed by atoms with Gasteiger partial charge in [0.15, 0.2) is 4.34 Å². The Hall–Kier alpha value is -1.60. The van der Waals surface area contributed by atoms with E-state index < -0.39 is 0 Å². The van der Waals surface area contributed by atoms with Gasteiger partial charge < -0.3 is 10.6 Å². The van der Waals surface area contributed by atoms with Crippen molar-refractivity contribution in [2.45, 2.75) is 37.4 Å². The summed E-state index contributed by atoms with van der Waals surface area (Å²) in [6, 6.07) is 8.10. The van der Waals surface area contributed by atoms with Gasteiger partial charge in [0, 0.05) is 12.2 Å². The molecule has 1 heterocycles. The van der Waals surface area contributed by atoms with Gasteiger partial charge in [-0.3, -0.25) is 4.79 Å². The predicted molar refractivity (Wildman–Crippen MR) is 97.6 cm³/mol. The van der Waals surface area contributed by atoms with E-state index in [-0.39, 0.29) is 5.91 Å². The second kappa shape index (κ2) is 9.52. The van der Waals surface area contributed by atoms with Crippen molar-refractivity contribution in [3.05, 3.63) is 29.8 Å². The standard InChI is InChI=1S/C16H22N4OS2/c1-3-4-5-10-17-14(21)11-22-16-20-19-15(23-16)18-13-8-6-12(2)7-9-13/h6-9H,3-5,10-11H2,1-2H3,(H,17,21)(H,18,19). The molecule has 2 N–H and O–H groups in total. The maximum Gasteiger partial charge on any atom is 0.230 e. The molecule has 7 heteroatoms. The van der Waals surface area contributed by atoms with Crippen molar-refractivity contribution < 1.29 is 4.79 Å². The Balaban J connectivity index is 1.74. The van der Waals surface area contributed by atoms with Crippen molar-refractivity contribution in [2.75, 3.05) is 17.6 Å². The highest BCUT2D eigenvalue weighted by atomic mass is 32.2. The van der Waals surface area contributed by atoms with Crippen LogP contribution in [0.2, 0.25) is 0 Å². The van der Waals surface area contributed by atoms with Crippen molar-refractivity contribution in [3.8, 4) is 0 Å². The molecular weight excluding hydrogens is 328 g/mol. The molecule has 0 bridgehead atoms. The number of carbonyl (C=O) groups is 1. The van der Waals surface area contributed by atoms with Crippen LogP contribution in [0.5, 0.6) is 0 Å². The van der Waals surface area contributed by atoms with Crippen LogP contribution in [0.25, 0.3) is 0 Å². The molecule has 124 valence electrons. The third kappa shape index (κ3) is 6.58. The zero-order valence-electron chi connectivity index (χ0n) is 13.5. The number of benzene rings is 1. The van der Waals surface area contributed by atoms with Crippen LogP contribution in [0, 0.1) is 6.92 Å². The van der Waals surface area contributed by atoms with Crippen LogP contribution in [0.4, 0.5) is 10.8 Å². The minimum Gasteiger partial charge on any atom is -0.355 e. The largest absolute Gasteiger partial charge is 0.355 e. The molecule has 1 aromatic heterocycles. The van der Waals surface area contributed by atoms with Gasteiger partial charge in [0.2, 0.25) is 11.0 Å². The number of anilines is 2. The molecule has 0 saturated heterocycles. The maximum atomic E-state index is 11.7. The zero-order valence-corrected chi connectivity index (χ0v) is 15.1. The molecule has 5 nitrogen and oxygen atoms in total. The number of aryl methyl sites for hydroxylation is 1. The minimum absolute atomic E-state index is 0.0503. The maximum absolute atomic E-state index is 11.7. The SMILES string of the molecule is CCCCCNC(=O)CSc1nnc(Nc2ccc(C)cc2)s1. The van der Waals surface area contributed by atoms with E-state index in [9.17, 15) is 4.79 Å². The lowest BCUT2D eigenvalue weighted by molar-refractivity contribution is -0.118. The van der Waals surface area contributed by atoms with Gasteiger partial charge in [-0.15, -0.1) is 10.2 Å². The summed E-state index contributed by atoms with van der Waals surface area (Å²) in [6.45, 7) is 4.95. The molecule has 23 heavy (non-hydrogen) atoms. The highest BCUT2D eigenvalue weighted by Crippen LogP contribution is 2.27. The van der Waals surface area contributed by atoms with Gasteiger partial charge in [-0.05, 0) is 25.5 Å². The van der Waals surface area contributed by atoms with Gasteiger partial charge in [-0.1, -0.05) is 60.6 Å². The summed E-state index contributed by atoms with van der Waals surface area (Å²) in [5.74, 6) is 0.431. The summed E-state index contributed by atoms with van der Waals surface area (Å²) >= 11 is 2.87. The summed E-state index contributed by atoms with van der Waals surface area (Å²) in [4.78, 5) is 11.7.